The number of aromatic nitrogens is 3. The molecule has 24 nitrogen and oxygen atoms in total. The van der Waals surface area contributed by atoms with E-state index in [9.17, 15) is 14.4 Å². The summed E-state index contributed by atoms with van der Waals surface area (Å²) < 4.78 is 92.6. The van der Waals surface area contributed by atoms with Crippen molar-refractivity contribution in [2.75, 3.05) is 79.3 Å². The van der Waals surface area contributed by atoms with Crippen LogP contribution < -0.4 is 28.4 Å². The van der Waals surface area contributed by atoms with Crippen LogP contribution in [0.1, 0.15) is 129 Å². The number of benzene rings is 3. The van der Waals surface area contributed by atoms with E-state index in [-0.39, 0.29) is 25.8 Å². The summed E-state index contributed by atoms with van der Waals surface area (Å²) in [6.07, 6.45) is 10.5. The van der Waals surface area contributed by atoms with E-state index in [4.69, 9.17) is 95.3 Å². The second-order valence-electron chi connectivity index (χ2n) is 20.3. The quantitative estimate of drug-likeness (QED) is 0.0212. The second kappa shape index (κ2) is 50.0. The molecule has 3 aromatic carbocycles. The second-order valence-corrected chi connectivity index (χ2v) is 24.2. The molecule has 0 aliphatic carbocycles. The zero-order valence-corrected chi connectivity index (χ0v) is 62.0. The van der Waals surface area contributed by atoms with E-state index in [2.05, 4.69) is 15.0 Å². The Morgan fingerprint density at radius 3 is 0.845 bits per heavy atom. The maximum Gasteiger partial charge on any atom is 0.344 e. The van der Waals surface area contributed by atoms with Crippen molar-refractivity contribution in [2.45, 2.75) is 143 Å². The number of carboxylic acids is 1. The van der Waals surface area contributed by atoms with Crippen LogP contribution in [0.4, 0.5) is 0 Å². The summed E-state index contributed by atoms with van der Waals surface area (Å²) in [4.78, 5) is 46.4. The smallest absolute Gasteiger partial charge is 0.344 e. The lowest BCUT2D eigenvalue weighted by Crippen LogP contribution is -2.15. The van der Waals surface area contributed by atoms with Gasteiger partial charge in [0.05, 0.1) is 72.7 Å². The zero-order valence-electron chi connectivity index (χ0n) is 58.6. The third kappa shape index (κ3) is 34.7. The molecule has 0 aliphatic heterocycles. The number of aliphatic carboxylic acids is 1. The number of carbonyl (C=O) groups is 3. The molecule has 0 atom stereocenters. The lowest BCUT2D eigenvalue weighted by Gasteiger charge is -2.15. The fourth-order valence-electron chi connectivity index (χ4n) is 8.39. The molecule has 0 saturated carbocycles. The third-order valence-electron chi connectivity index (χ3n) is 12.2. The van der Waals surface area contributed by atoms with Crippen LogP contribution in [0.5, 0.6) is 34.5 Å². The first-order valence-corrected chi connectivity index (χ1v) is 35.6. The molecule has 0 spiro atoms. The third-order valence-corrected chi connectivity index (χ3v) is 16.4. The molecule has 3 aromatic heterocycles. The van der Waals surface area contributed by atoms with Gasteiger partial charge >= 0.3 is 43.7 Å². The van der Waals surface area contributed by atoms with Crippen LogP contribution in [0.15, 0.2) is 91.8 Å². The summed E-state index contributed by atoms with van der Waals surface area (Å²) >= 11 is 5.82. The van der Waals surface area contributed by atoms with Gasteiger partial charge in [-0.1, -0.05) is 0 Å². The van der Waals surface area contributed by atoms with E-state index < -0.39 is 37.7 Å². The van der Waals surface area contributed by atoms with Crippen molar-refractivity contribution < 1.29 is 98.1 Å². The molecule has 97 heavy (non-hydrogen) atoms. The number of pyridine rings is 3. The lowest BCUT2D eigenvalue weighted by atomic mass is 10.1. The number of hydrogen-bond acceptors (Lipinski definition) is 23. The largest absolute Gasteiger partial charge is 0.489 e. The molecule has 28 heteroatoms. The molecule has 0 unspecified atom stereocenters. The van der Waals surface area contributed by atoms with E-state index in [1.807, 2.05) is 145 Å². The number of aryl methyl sites for hydroxylation is 6. The summed E-state index contributed by atoms with van der Waals surface area (Å²) in [6, 6.07) is 17.1. The maximum atomic E-state index is 11.5. The van der Waals surface area contributed by atoms with Gasteiger partial charge in [0.25, 0.3) is 0 Å². The topological polar surface area (TPSA) is 267 Å². The van der Waals surface area contributed by atoms with Crippen molar-refractivity contribution in [1.82, 2.24) is 15.0 Å². The molecular formula is C69H97ClN3O21P3. The maximum absolute atomic E-state index is 11.5. The predicted molar refractivity (Wildman–Crippen MR) is 372 cm³/mol. The van der Waals surface area contributed by atoms with Gasteiger partial charge in [0, 0.05) is 59.8 Å². The number of hydrogen-bond donors (Lipinski definition) is 1. The summed E-state index contributed by atoms with van der Waals surface area (Å²) in [7, 11) is -3.78. The van der Waals surface area contributed by atoms with Crippen LogP contribution in [-0.4, -0.2) is 117 Å². The van der Waals surface area contributed by atoms with Gasteiger partial charge in [-0.2, -0.15) is 0 Å². The number of alkyl halides is 1. The van der Waals surface area contributed by atoms with Crippen LogP contribution >= 0.6 is 37.4 Å². The first-order chi connectivity index (χ1) is 46.8. The van der Waals surface area contributed by atoms with Crippen LogP contribution in [-0.2, 0) is 103 Å². The summed E-state index contributed by atoms with van der Waals surface area (Å²) in [5.41, 5.74) is 10.7. The van der Waals surface area contributed by atoms with Crippen LogP contribution in [0.25, 0.3) is 0 Å². The SMILES string of the molecule is CCOC(=O)COc1c(C)cc(OCc2cncc(CCl)c2)cc1C.CCOC(=O)COc1c(C)cc(OCc2cncc(COP(OCC)OCC)c2)cc1C.CCOP(OCC)OCC.CCOP(OCC)OCc1cncc(COc2cc(C)c(OCC(=O)O)c(C)c2)c1. The minimum Gasteiger partial charge on any atom is -0.489 e. The molecule has 3 heterocycles. The van der Waals surface area contributed by atoms with Crippen LogP contribution in [0, 0.1) is 41.5 Å². The number of esters is 2. The normalized spacial score (nSPS) is 10.8. The average molecular weight is 1430 g/mol. The highest BCUT2D eigenvalue weighted by atomic mass is 35.5. The fourth-order valence-corrected chi connectivity index (χ4v) is 11.2. The van der Waals surface area contributed by atoms with Gasteiger partial charge in [-0.25, -0.2) is 14.4 Å². The Labute approximate surface area is 580 Å². The molecule has 0 radical (unpaired) electrons. The Hall–Kier alpha value is -6.46. The van der Waals surface area contributed by atoms with E-state index >= 15 is 0 Å². The van der Waals surface area contributed by atoms with E-state index in [1.54, 1.807) is 51.0 Å². The molecule has 6 aromatic rings. The minimum atomic E-state index is -1.36. The first kappa shape index (κ1) is 84.8. The number of carbonyl (C=O) groups excluding carboxylic acids is 2. The average Bonchev–Trinajstić information content (AvgIpc) is 0.882. The lowest BCUT2D eigenvalue weighted by molar-refractivity contribution is -0.146. The van der Waals surface area contributed by atoms with E-state index in [0.29, 0.717) is 127 Å². The van der Waals surface area contributed by atoms with Gasteiger partial charge in [0.15, 0.2) is 19.8 Å². The highest BCUT2D eigenvalue weighted by molar-refractivity contribution is 7.42. The molecular weight excluding hydrogens is 1340 g/mol. The van der Waals surface area contributed by atoms with Crippen LogP contribution in [0.3, 0.4) is 0 Å². The van der Waals surface area contributed by atoms with Gasteiger partial charge in [-0.3, -0.25) is 15.0 Å². The minimum absolute atomic E-state index is 0.105. The number of nitrogens with zero attached hydrogens (tertiary/aromatic N) is 3. The van der Waals surface area contributed by atoms with Crippen molar-refractivity contribution in [3.63, 3.8) is 0 Å². The van der Waals surface area contributed by atoms with E-state index in [0.717, 1.165) is 72.5 Å². The zero-order chi connectivity index (χ0) is 71.3. The van der Waals surface area contributed by atoms with Crippen molar-refractivity contribution in [1.29, 1.82) is 0 Å². The molecule has 6 rings (SSSR count). The van der Waals surface area contributed by atoms with Crippen LogP contribution in [0.2, 0.25) is 0 Å². The number of carboxylic acid groups (broad SMARTS) is 1. The van der Waals surface area contributed by atoms with Crippen molar-refractivity contribution in [3.8, 4) is 34.5 Å². The van der Waals surface area contributed by atoms with Gasteiger partial charge < -0.3 is 83.7 Å². The van der Waals surface area contributed by atoms with Gasteiger partial charge in [0.2, 0.25) is 0 Å². The highest BCUT2D eigenvalue weighted by Gasteiger charge is 2.17. The standard InChI is InChI=1S/C23H32NO7P.C21H28NO7P.C19H22ClNO4.C6H15O3P/c1-6-26-22(25)16-28-23-17(4)9-21(10-18(23)5)27-14-19-11-20(13-24-12-19)15-31-32(29-7-2)30-8-3;1-5-27-30(28-6-2)29-13-18-9-17(10-22-11-18)12-25-19-7-15(3)21(16(4)8-19)26-14-20(23)24;1-4-23-18(22)12-25-19-13(2)5-17(6-14(19)3)24-11-16-7-15(8-20)9-21-10-16;1-4-7-10(8-5-2)9-6-3/h9-13H,6-8,14-16H2,1-5H3;7-11H,5-6,12-14H2,1-4H3,(H,23,24);5-7,9-10H,4,8,11-12H2,1-3H3;4-6H2,1-3H3. The highest BCUT2D eigenvalue weighted by Crippen LogP contribution is 2.42. The molecule has 0 bridgehead atoms. The fraction of sp³-hybridized carbons (Fsp3) is 0.478. The summed E-state index contributed by atoms with van der Waals surface area (Å²) in [5.74, 6) is 2.64. The molecule has 0 saturated heterocycles. The van der Waals surface area contributed by atoms with Gasteiger partial charge in [-0.15, -0.1) is 11.6 Å². The predicted octanol–water partition coefficient (Wildman–Crippen LogP) is 15.9. The van der Waals surface area contributed by atoms with Crippen molar-refractivity contribution in [3.05, 3.63) is 159 Å². The summed E-state index contributed by atoms with van der Waals surface area (Å²) in [5, 5.41) is 8.79. The Morgan fingerprint density at radius 1 is 0.340 bits per heavy atom. The monoisotopic (exact) mass is 1430 g/mol. The molecule has 1 N–H and O–H groups in total. The molecule has 0 amide bonds. The number of rotatable bonds is 41. The van der Waals surface area contributed by atoms with Crippen molar-refractivity contribution in [2.24, 2.45) is 0 Å². The number of ether oxygens (including phenoxy) is 8. The Bertz CT molecular complexity index is 3150. The molecule has 0 aliphatic rings. The number of halogens is 1. The Kier molecular flexibility index (Phi) is 43.7. The Balaban J connectivity index is 0.000000355. The Morgan fingerprint density at radius 2 is 0.588 bits per heavy atom. The van der Waals surface area contributed by atoms with Gasteiger partial charge in [0.1, 0.15) is 54.3 Å². The first-order valence-electron chi connectivity index (χ1n) is 31.8. The van der Waals surface area contributed by atoms with E-state index in [1.165, 1.54) is 0 Å². The van der Waals surface area contributed by atoms with Crippen molar-refractivity contribution >= 4 is 55.3 Å². The molecule has 536 valence electrons. The molecule has 0 fully saturated rings. The van der Waals surface area contributed by atoms with Gasteiger partial charge in [-0.05, 0) is 209 Å². The summed E-state index contributed by atoms with van der Waals surface area (Å²) in [6.45, 7) is 34.1.